The fraction of sp³-hybridized carbons (Fsp3) is 1.00. The zero-order chi connectivity index (χ0) is 14.5. The van der Waals surface area contributed by atoms with Gasteiger partial charge in [-0.2, -0.15) is 0 Å². The van der Waals surface area contributed by atoms with Gasteiger partial charge in [0.2, 0.25) is 10.0 Å². The Morgan fingerprint density at radius 2 is 1.79 bits per heavy atom. The van der Waals surface area contributed by atoms with Crippen molar-refractivity contribution in [2.24, 2.45) is 5.92 Å². The molecule has 19 heavy (non-hydrogen) atoms. The van der Waals surface area contributed by atoms with E-state index in [1.165, 1.54) is 0 Å². The van der Waals surface area contributed by atoms with Crippen LogP contribution in [-0.2, 0) is 14.8 Å². The quantitative estimate of drug-likeness (QED) is 0.762. The first-order chi connectivity index (χ1) is 8.88. The first kappa shape index (κ1) is 16.9. The van der Waals surface area contributed by atoms with Gasteiger partial charge in [-0.25, -0.2) is 13.1 Å². The molecule has 1 saturated heterocycles. The highest BCUT2D eigenvalue weighted by atomic mass is 32.2. The number of nitrogens with one attached hydrogen (secondary N) is 1. The summed E-state index contributed by atoms with van der Waals surface area (Å²) in [5.41, 5.74) is 0. The average Bonchev–Trinajstić information content (AvgIpc) is 2.38. The Bertz CT molecular complexity index is 351. The third-order valence-corrected chi connectivity index (χ3v) is 5.84. The van der Waals surface area contributed by atoms with E-state index in [1.807, 2.05) is 6.92 Å². The van der Waals surface area contributed by atoms with Crippen molar-refractivity contribution in [1.29, 1.82) is 0 Å². The van der Waals surface area contributed by atoms with Crippen LogP contribution >= 0.6 is 0 Å². The molecule has 5 nitrogen and oxygen atoms in total. The van der Waals surface area contributed by atoms with Crippen molar-refractivity contribution < 1.29 is 13.2 Å². The Morgan fingerprint density at radius 1 is 1.21 bits per heavy atom. The summed E-state index contributed by atoms with van der Waals surface area (Å²) < 4.78 is 32.2. The summed E-state index contributed by atoms with van der Waals surface area (Å²) in [6, 6.07) is 0.239. The van der Waals surface area contributed by atoms with Gasteiger partial charge >= 0.3 is 0 Å². The van der Waals surface area contributed by atoms with Crippen LogP contribution in [0.4, 0.5) is 0 Å². The third kappa shape index (κ3) is 5.02. The van der Waals surface area contributed by atoms with Gasteiger partial charge in [0.05, 0.1) is 18.5 Å². The lowest BCUT2D eigenvalue weighted by Gasteiger charge is -2.37. The largest absolute Gasteiger partial charge is 0.379 e. The second-order valence-corrected chi connectivity index (χ2v) is 7.76. The molecule has 0 unspecified atom stereocenters. The van der Waals surface area contributed by atoms with Crippen LogP contribution in [0.2, 0.25) is 0 Å². The number of nitrogens with zero attached hydrogens (tertiary/aromatic N) is 1. The van der Waals surface area contributed by atoms with Crippen molar-refractivity contribution in [3.63, 3.8) is 0 Å². The molecule has 0 spiro atoms. The standard InChI is InChI=1S/C13H28N2O3S/c1-5-12(4)19(16,17)14-10-13(11(2)3)15-6-8-18-9-7-15/h11-14H,5-10H2,1-4H3/t12-,13-/m0/s1. The van der Waals surface area contributed by atoms with Gasteiger partial charge in [-0.1, -0.05) is 20.8 Å². The number of hydrogen-bond acceptors (Lipinski definition) is 4. The van der Waals surface area contributed by atoms with Crippen LogP contribution in [0, 0.1) is 5.92 Å². The summed E-state index contributed by atoms with van der Waals surface area (Å²) in [5.74, 6) is 0.415. The molecule has 2 atom stereocenters. The molecule has 0 aliphatic carbocycles. The first-order valence-corrected chi connectivity index (χ1v) is 8.73. The van der Waals surface area contributed by atoms with Crippen molar-refractivity contribution in [3.8, 4) is 0 Å². The van der Waals surface area contributed by atoms with E-state index in [2.05, 4.69) is 23.5 Å². The van der Waals surface area contributed by atoms with Crippen molar-refractivity contribution in [1.82, 2.24) is 9.62 Å². The third-order valence-electron chi connectivity index (χ3n) is 3.88. The summed E-state index contributed by atoms with van der Waals surface area (Å²) in [6.45, 7) is 11.7. The van der Waals surface area contributed by atoms with Gasteiger partial charge in [-0.05, 0) is 19.3 Å². The normalized spacial score (nSPS) is 21.5. The van der Waals surface area contributed by atoms with Crippen LogP contribution in [0.25, 0.3) is 0 Å². The SMILES string of the molecule is CC[C@H](C)S(=O)(=O)NC[C@@H](C(C)C)N1CCOCC1. The van der Waals surface area contributed by atoms with E-state index in [0.29, 0.717) is 18.9 Å². The molecule has 1 heterocycles. The van der Waals surface area contributed by atoms with Crippen LogP contribution in [0.1, 0.15) is 34.1 Å². The Balaban J connectivity index is 2.59. The maximum atomic E-state index is 12.0. The van der Waals surface area contributed by atoms with Crippen molar-refractivity contribution in [2.75, 3.05) is 32.8 Å². The van der Waals surface area contributed by atoms with E-state index in [0.717, 1.165) is 26.3 Å². The van der Waals surface area contributed by atoms with Gasteiger partial charge < -0.3 is 4.74 Å². The highest BCUT2D eigenvalue weighted by Crippen LogP contribution is 2.13. The molecular weight excluding hydrogens is 264 g/mol. The number of hydrogen-bond donors (Lipinski definition) is 1. The minimum Gasteiger partial charge on any atom is -0.379 e. The maximum Gasteiger partial charge on any atom is 0.214 e. The second-order valence-electron chi connectivity index (χ2n) is 5.57. The predicted molar refractivity (Wildman–Crippen MR) is 77.7 cm³/mol. The van der Waals surface area contributed by atoms with E-state index in [9.17, 15) is 8.42 Å². The summed E-state index contributed by atoms with van der Waals surface area (Å²) in [5, 5.41) is -0.329. The Morgan fingerprint density at radius 3 is 2.26 bits per heavy atom. The van der Waals surface area contributed by atoms with Crippen LogP contribution in [-0.4, -0.2) is 57.5 Å². The zero-order valence-corrected chi connectivity index (χ0v) is 13.4. The smallest absolute Gasteiger partial charge is 0.214 e. The predicted octanol–water partition coefficient (Wildman–Crippen LogP) is 1.06. The molecule has 114 valence electrons. The van der Waals surface area contributed by atoms with Crippen LogP contribution in [0.15, 0.2) is 0 Å². The number of sulfonamides is 1. The lowest BCUT2D eigenvalue weighted by atomic mass is 10.0. The molecule has 0 saturated carbocycles. The molecule has 0 aromatic rings. The zero-order valence-electron chi connectivity index (χ0n) is 12.6. The molecule has 1 aliphatic heterocycles. The van der Waals surface area contributed by atoms with Crippen molar-refractivity contribution >= 4 is 10.0 Å². The number of morpholine rings is 1. The van der Waals surface area contributed by atoms with Crippen LogP contribution in [0.3, 0.4) is 0 Å². The second kappa shape index (κ2) is 7.57. The molecule has 1 N–H and O–H groups in total. The van der Waals surface area contributed by atoms with Crippen LogP contribution in [0.5, 0.6) is 0 Å². The molecular formula is C13H28N2O3S. The molecule has 0 radical (unpaired) electrons. The topological polar surface area (TPSA) is 58.6 Å². The molecule has 0 aromatic heterocycles. The van der Waals surface area contributed by atoms with E-state index < -0.39 is 10.0 Å². The van der Waals surface area contributed by atoms with Gasteiger partial charge in [0, 0.05) is 25.7 Å². The van der Waals surface area contributed by atoms with Crippen molar-refractivity contribution in [3.05, 3.63) is 0 Å². The Kier molecular flexibility index (Phi) is 6.73. The fourth-order valence-electron chi connectivity index (χ4n) is 2.26. The minimum absolute atomic E-state index is 0.239. The highest BCUT2D eigenvalue weighted by molar-refractivity contribution is 7.90. The molecule has 1 aliphatic rings. The van der Waals surface area contributed by atoms with E-state index >= 15 is 0 Å². The molecule has 0 bridgehead atoms. The van der Waals surface area contributed by atoms with Gasteiger partial charge in [0.25, 0.3) is 0 Å². The summed E-state index contributed by atoms with van der Waals surface area (Å²) in [7, 11) is -3.19. The Labute approximate surface area is 117 Å². The number of ether oxygens (including phenoxy) is 1. The van der Waals surface area contributed by atoms with E-state index in [-0.39, 0.29) is 11.3 Å². The molecule has 1 fully saturated rings. The molecule has 6 heteroatoms. The lowest BCUT2D eigenvalue weighted by Crippen LogP contribution is -2.51. The van der Waals surface area contributed by atoms with E-state index in [4.69, 9.17) is 4.74 Å². The summed E-state index contributed by atoms with van der Waals surface area (Å²) in [6.07, 6.45) is 0.638. The lowest BCUT2D eigenvalue weighted by molar-refractivity contribution is 0.00775. The molecule has 0 amide bonds. The monoisotopic (exact) mass is 292 g/mol. The van der Waals surface area contributed by atoms with Gasteiger partial charge in [0.1, 0.15) is 0 Å². The maximum absolute atomic E-state index is 12.0. The minimum atomic E-state index is -3.19. The fourth-order valence-corrected chi connectivity index (χ4v) is 3.39. The average molecular weight is 292 g/mol. The first-order valence-electron chi connectivity index (χ1n) is 7.18. The Hall–Kier alpha value is -0.170. The molecule has 1 rings (SSSR count). The highest BCUT2D eigenvalue weighted by Gasteiger charge is 2.26. The van der Waals surface area contributed by atoms with Crippen LogP contribution < -0.4 is 4.72 Å². The van der Waals surface area contributed by atoms with Gasteiger partial charge in [-0.3, -0.25) is 4.90 Å². The van der Waals surface area contributed by atoms with Gasteiger partial charge in [0.15, 0.2) is 0 Å². The van der Waals surface area contributed by atoms with Gasteiger partial charge in [-0.15, -0.1) is 0 Å². The molecule has 0 aromatic carbocycles. The summed E-state index contributed by atoms with van der Waals surface area (Å²) >= 11 is 0. The number of rotatable bonds is 7. The van der Waals surface area contributed by atoms with E-state index in [1.54, 1.807) is 6.92 Å². The van der Waals surface area contributed by atoms with Crippen molar-refractivity contribution in [2.45, 2.75) is 45.4 Å². The summed E-state index contributed by atoms with van der Waals surface area (Å²) in [4.78, 5) is 2.33.